The highest BCUT2D eigenvalue weighted by atomic mass is 79.9. The van der Waals surface area contributed by atoms with E-state index in [0.29, 0.717) is 6.04 Å². The maximum Gasteiger partial charge on any atom is 0.148 e. The molecule has 2 aromatic rings. The number of rotatable bonds is 5. The first kappa shape index (κ1) is 13.1. The minimum absolute atomic E-state index is 0.523. The molecule has 0 saturated carbocycles. The van der Waals surface area contributed by atoms with Crippen LogP contribution in [0.4, 0.5) is 0 Å². The standard InChI is InChI=1S/C11H14BrN3S2/c1-7(2)13-4-3-10-14-15-11(17-10)8-5-9(12)16-6-8/h5-7,13H,3-4H2,1-2H3. The van der Waals surface area contributed by atoms with Crippen LogP contribution in [0.5, 0.6) is 0 Å². The summed E-state index contributed by atoms with van der Waals surface area (Å²) >= 11 is 6.81. The molecule has 0 spiro atoms. The Balaban J connectivity index is 1.96. The lowest BCUT2D eigenvalue weighted by molar-refractivity contribution is 0.588. The topological polar surface area (TPSA) is 37.8 Å². The monoisotopic (exact) mass is 331 g/mol. The van der Waals surface area contributed by atoms with E-state index < -0.39 is 0 Å². The molecule has 0 fully saturated rings. The molecule has 0 unspecified atom stereocenters. The van der Waals surface area contributed by atoms with Crippen molar-refractivity contribution < 1.29 is 0 Å². The van der Waals surface area contributed by atoms with Crippen LogP contribution in [0.15, 0.2) is 15.2 Å². The van der Waals surface area contributed by atoms with E-state index in [1.807, 2.05) is 0 Å². The van der Waals surface area contributed by atoms with Gasteiger partial charge in [0.15, 0.2) is 0 Å². The first-order chi connectivity index (χ1) is 8.15. The van der Waals surface area contributed by atoms with E-state index in [4.69, 9.17) is 0 Å². The predicted molar refractivity (Wildman–Crippen MR) is 77.8 cm³/mol. The van der Waals surface area contributed by atoms with Gasteiger partial charge in [0.2, 0.25) is 0 Å². The Kier molecular flexibility index (Phi) is 4.67. The van der Waals surface area contributed by atoms with Gasteiger partial charge in [0.1, 0.15) is 10.0 Å². The molecule has 0 saturated heterocycles. The number of halogens is 1. The van der Waals surface area contributed by atoms with Crippen LogP contribution in [0.25, 0.3) is 10.6 Å². The Morgan fingerprint density at radius 3 is 2.88 bits per heavy atom. The normalized spacial score (nSPS) is 11.3. The molecule has 1 N–H and O–H groups in total. The molecule has 2 heterocycles. The second kappa shape index (κ2) is 6.04. The van der Waals surface area contributed by atoms with Crippen molar-refractivity contribution in [2.75, 3.05) is 6.54 Å². The summed E-state index contributed by atoms with van der Waals surface area (Å²) in [5.41, 5.74) is 1.16. The van der Waals surface area contributed by atoms with Crippen molar-refractivity contribution in [1.82, 2.24) is 15.5 Å². The number of nitrogens with zero attached hydrogens (tertiary/aromatic N) is 2. The quantitative estimate of drug-likeness (QED) is 0.910. The number of thiophene rings is 1. The Labute approximate surface area is 117 Å². The van der Waals surface area contributed by atoms with E-state index in [0.717, 1.165) is 32.3 Å². The van der Waals surface area contributed by atoms with E-state index in [2.05, 4.69) is 56.7 Å². The van der Waals surface area contributed by atoms with Gasteiger partial charge in [-0.15, -0.1) is 21.5 Å². The largest absolute Gasteiger partial charge is 0.314 e. The van der Waals surface area contributed by atoms with Gasteiger partial charge in [-0.3, -0.25) is 0 Å². The summed E-state index contributed by atoms with van der Waals surface area (Å²) in [4.78, 5) is 0. The fraction of sp³-hybridized carbons (Fsp3) is 0.455. The molecule has 0 atom stereocenters. The molecular weight excluding hydrogens is 318 g/mol. The predicted octanol–water partition coefficient (Wildman–Crippen LogP) is 3.57. The Morgan fingerprint density at radius 1 is 1.41 bits per heavy atom. The first-order valence-corrected chi connectivity index (χ1v) is 7.94. The molecule has 0 amide bonds. The van der Waals surface area contributed by atoms with Gasteiger partial charge in [0, 0.05) is 30.0 Å². The van der Waals surface area contributed by atoms with E-state index in [9.17, 15) is 0 Å². The maximum atomic E-state index is 4.22. The Bertz CT molecular complexity index is 479. The highest BCUT2D eigenvalue weighted by Gasteiger charge is 2.08. The first-order valence-electron chi connectivity index (χ1n) is 5.45. The third kappa shape index (κ3) is 3.84. The van der Waals surface area contributed by atoms with E-state index >= 15 is 0 Å². The van der Waals surface area contributed by atoms with Crippen LogP contribution in [0.3, 0.4) is 0 Å². The third-order valence-corrected chi connectivity index (χ3v) is 4.71. The molecule has 92 valence electrons. The third-order valence-electron chi connectivity index (χ3n) is 2.17. The zero-order valence-electron chi connectivity index (χ0n) is 9.74. The lowest BCUT2D eigenvalue weighted by Crippen LogP contribution is -2.24. The van der Waals surface area contributed by atoms with Gasteiger partial charge >= 0.3 is 0 Å². The summed E-state index contributed by atoms with van der Waals surface area (Å²) in [6.45, 7) is 5.25. The molecule has 0 aliphatic heterocycles. The van der Waals surface area contributed by atoms with Gasteiger partial charge in [0.25, 0.3) is 0 Å². The number of hydrogen-bond donors (Lipinski definition) is 1. The zero-order chi connectivity index (χ0) is 12.3. The average Bonchev–Trinajstić information content (AvgIpc) is 2.86. The number of hydrogen-bond acceptors (Lipinski definition) is 5. The Morgan fingerprint density at radius 2 is 2.24 bits per heavy atom. The summed E-state index contributed by atoms with van der Waals surface area (Å²) in [5.74, 6) is 0. The lowest BCUT2D eigenvalue weighted by Gasteiger charge is -2.04. The smallest absolute Gasteiger partial charge is 0.148 e. The minimum atomic E-state index is 0.523. The summed E-state index contributed by atoms with van der Waals surface area (Å²) in [6, 6.07) is 2.61. The SMILES string of the molecule is CC(C)NCCc1nnc(-c2csc(Br)c2)s1. The summed E-state index contributed by atoms with van der Waals surface area (Å²) in [5, 5.41) is 16.0. The fourth-order valence-corrected chi connectivity index (χ4v) is 3.40. The van der Waals surface area contributed by atoms with Crippen LogP contribution in [0, 0.1) is 0 Å². The van der Waals surface area contributed by atoms with Crippen LogP contribution < -0.4 is 5.32 Å². The summed E-state index contributed by atoms with van der Waals surface area (Å²) < 4.78 is 1.13. The van der Waals surface area contributed by atoms with Crippen molar-refractivity contribution in [2.45, 2.75) is 26.3 Å². The van der Waals surface area contributed by atoms with Crippen LogP contribution in [0.2, 0.25) is 0 Å². The zero-order valence-corrected chi connectivity index (χ0v) is 13.0. The van der Waals surface area contributed by atoms with E-state index in [-0.39, 0.29) is 0 Å². The molecule has 0 radical (unpaired) electrons. The summed E-state index contributed by atoms with van der Waals surface area (Å²) in [7, 11) is 0. The van der Waals surface area contributed by atoms with Crippen LogP contribution in [-0.4, -0.2) is 22.8 Å². The van der Waals surface area contributed by atoms with Gasteiger partial charge in [0.05, 0.1) is 3.79 Å². The second-order valence-corrected chi connectivity index (χ2v) is 7.35. The van der Waals surface area contributed by atoms with Crippen molar-refractivity contribution in [2.24, 2.45) is 0 Å². The molecule has 0 aromatic carbocycles. The maximum absolute atomic E-state index is 4.22. The molecule has 17 heavy (non-hydrogen) atoms. The number of nitrogens with one attached hydrogen (secondary N) is 1. The second-order valence-electron chi connectivity index (χ2n) is 4.00. The van der Waals surface area contributed by atoms with E-state index in [1.165, 1.54) is 0 Å². The van der Waals surface area contributed by atoms with Gasteiger partial charge in [-0.2, -0.15) is 0 Å². The Hall–Kier alpha value is -0.300. The number of aromatic nitrogens is 2. The van der Waals surface area contributed by atoms with Crippen molar-refractivity contribution in [3.63, 3.8) is 0 Å². The lowest BCUT2D eigenvalue weighted by atomic mass is 10.3. The van der Waals surface area contributed by atoms with Gasteiger partial charge in [-0.05, 0) is 22.0 Å². The average molecular weight is 332 g/mol. The van der Waals surface area contributed by atoms with Gasteiger partial charge in [-0.25, -0.2) is 0 Å². The van der Waals surface area contributed by atoms with Crippen molar-refractivity contribution in [3.05, 3.63) is 20.2 Å². The van der Waals surface area contributed by atoms with Crippen molar-refractivity contribution in [3.8, 4) is 10.6 Å². The molecule has 3 nitrogen and oxygen atoms in total. The molecule has 0 bridgehead atoms. The van der Waals surface area contributed by atoms with Crippen molar-refractivity contribution in [1.29, 1.82) is 0 Å². The molecule has 2 aromatic heterocycles. The molecule has 0 aliphatic rings. The fourth-order valence-electron chi connectivity index (χ4n) is 1.36. The molecule has 6 heteroatoms. The van der Waals surface area contributed by atoms with Crippen LogP contribution >= 0.6 is 38.6 Å². The summed E-state index contributed by atoms with van der Waals surface area (Å²) in [6.07, 6.45) is 0.946. The highest BCUT2D eigenvalue weighted by Crippen LogP contribution is 2.30. The molecule has 2 rings (SSSR count). The molecule has 0 aliphatic carbocycles. The highest BCUT2D eigenvalue weighted by molar-refractivity contribution is 9.11. The van der Waals surface area contributed by atoms with E-state index in [1.54, 1.807) is 22.7 Å². The van der Waals surface area contributed by atoms with Gasteiger partial charge < -0.3 is 5.32 Å². The minimum Gasteiger partial charge on any atom is -0.314 e. The van der Waals surface area contributed by atoms with Crippen molar-refractivity contribution >= 4 is 38.6 Å². The van der Waals surface area contributed by atoms with Gasteiger partial charge in [-0.1, -0.05) is 25.2 Å². The van der Waals surface area contributed by atoms with Crippen LogP contribution in [0.1, 0.15) is 18.9 Å². The molecular formula is C11H14BrN3S2. The van der Waals surface area contributed by atoms with Crippen LogP contribution in [-0.2, 0) is 6.42 Å².